The van der Waals surface area contributed by atoms with Crippen molar-refractivity contribution in [2.45, 2.75) is 37.1 Å². The Kier molecular flexibility index (Phi) is 5.97. The maximum atomic E-state index is 12.9. The third kappa shape index (κ3) is 4.08. The first-order valence-corrected chi connectivity index (χ1v) is 9.75. The number of hydrogen-bond acceptors (Lipinski definition) is 4. The summed E-state index contributed by atoms with van der Waals surface area (Å²) in [6.45, 7) is 6.74. The highest BCUT2D eigenvalue weighted by Gasteiger charge is 2.27. The molecule has 1 fully saturated rings. The molecule has 2 heterocycles. The van der Waals surface area contributed by atoms with Gasteiger partial charge in [0, 0.05) is 23.2 Å². The van der Waals surface area contributed by atoms with Crippen molar-refractivity contribution in [2.75, 3.05) is 43.4 Å². The number of nitrogens with one attached hydrogen (secondary N) is 1. The summed E-state index contributed by atoms with van der Waals surface area (Å²) in [7, 11) is 0. The number of carbonyl (C=O) groups is 1. The molecule has 0 aliphatic carbocycles. The normalized spacial score (nSPS) is 19.0. The Morgan fingerprint density at radius 1 is 1.35 bits per heavy atom. The molecule has 5 heteroatoms. The molecule has 1 amide bonds. The fraction of sp³-hybridized carbons (Fsp3) is 0.611. The topological polar surface area (TPSA) is 35.6 Å². The van der Waals surface area contributed by atoms with Crippen molar-refractivity contribution < 1.29 is 4.79 Å². The Morgan fingerprint density at radius 2 is 2.13 bits per heavy atom. The van der Waals surface area contributed by atoms with E-state index in [1.54, 1.807) is 0 Å². The van der Waals surface area contributed by atoms with E-state index < -0.39 is 0 Å². The SMILES string of the molecule is CCCN(CC(=O)N1CCSc2ccccc21)C1CCNCC1. The minimum absolute atomic E-state index is 0.254. The zero-order valence-corrected chi connectivity index (χ0v) is 14.8. The van der Waals surface area contributed by atoms with Crippen LogP contribution in [0.15, 0.2) is 29.2 Å². The summed E-state index contributed by atoms with van der Waals surface area (Å²) < 4.78 is 0. The van der Waals surface area contributed by atoms with Gasteiger partial charge in [-0.15, -0.1) is 11.8 Å². The lowest BCUT2D eigenvalue weighted by Gasteiger charge is -2.36. The second kappa shape index (κ2) is 8.18. The van der Waals surface area contributed by atoms with Gasteiger partial charge < -0.3 is 10.2 Å². The Bertz CT molecular complexity index is 531. The second-order valence-electron chi connectivity index (χ2n) is 6.31. The number of para-hydroxylation sites is 1. The Labute approximate surface area is 143 Å². The molecular weight excluding hydrogens is 306 g/mol. The summed E-state index contributed by atoms with van der Waals surface area (Å²) in [6.07, 6.45) is 3.41. The van der Waals surface area contributed by atoms with Gasteiger partial charge in [0.1, 0.15) is 0 Å². The van der Waals surface area contributed by atoms with E-state index in [2.05, 4.69) is 35.3 Å². The molecule has 1 aromatic rings. The van der Waals surface area contributed by atoms with Crippen LogP contribution in [-0.4, -0.2) is 55.3 Å². The molecule has 0 atom stereocenters. The van der Waals surface area contributed by atoms with Crippen LogP contribution in [0.2, 0.25) is 0 Å². The maximum Gasteiger partial charge on any atom is 0.241 e. The highest BCUT2D eigenvalue weighted by molar-refractivity contribution is 7.99. The fourth-order valence-corrected chi connectivity index (χ4v) is 4.53. The van der Waals surface area contributed by atoms with Gasteiger partial charge in [0.2, 0.25) is 5.91 Å². The lowest BCUT2D eigenvalue weighted by atomic mass is 10.0. The van der Waals surface area contributed by atoms with E-state index in [-0.39, 0.29) is 5.91 Å². The van der Waals surface area contributed by atoms with Gasteiger partial charge >= 0.3 is 0 Å². The number of hydrogen-bond donors (Lipinski definition) is 1. The van der Waals surface area contributed by atoms with Gasteiger partial charge in [0.25, 0.3) is 0 Å². The third-order valence-electron chi connectivity index (χ3n) is 4.70. The lowest BCUT2D eigenvalue weighted by Crippen LogP contribution is -2.49. The molecule has 2 aliphatic rings. The van der Waals surface area contributed by atoms with Crippen LogP contribution in [0.3, 0.4) is 0 Å². The molecule has 1 aromatic carbocycles. The molecule has 0 radical (unpaired) electrons. The van der Waals surface area contributed by atoms with Crippen molar-refractivity contribution in [1.29, 1.82) is 0 Å². The van der Waals surface area contributed by atoms with E-state index in [0.29, 0.717) is 12.6 Å². The Hall–Kier alpha value is -1.04. The van der Waals surface area contributed by atoms with Gasteiger partial charge in [-0.3, -0.25) is 9.69 Å². The molecule has 2 aliphatic heterocycles. The number of thioether (sulfide) groups is 1. The summed E-state index contributed by atoms with van der Waals surface area (Å²) in [5.74, 6) is 1.24. The minimum atomic E-state index is 0.254. The molecule has 1 N–H and O–H groups in total. The van der Waals surface area contributed by atoms with E-state index in [1.165, 1.54) is 4.90 Å². The molecule has 4 nitrogen and oxygen atoms in total. The molecule has 0 saturated carbocycles. The minimum Gasteiger partial charge on any atom is -0.317 e. The van der Waals surface area contributed by atoms with Crippen LogP contribution in [0.1, 0.15) is 26.2 Å². The lowest BCUT2D eigenvalue weighted by molar-refractivity contribution is -0.120. The van der Waals surface area contributed by atoms with Crippen LogP contribution in [0.5, 0.6) is 0 Å². The van der Waals surface area contributed by atoms with Crippen molar-refractivity contribution in [2.24, 2.45) is 0 Å². The number of rotatable bonds is 5. The first-order chi connectivity index (χ1) is 11.3. The van der Waals surface area contributed by atoms with E-state index in [1.807, 2.05) is 22.7 Å². The molecule has 23 heavy (non-hydrogen) atoms. The summed E-state index contributed by atoms with van der Waals surface area (Å²) in [5.41, 5.74) is 1.09. The zero-order chi connectivity index (χ0) is 16.1. The largest absolute Gasteiger partial charge is 0.317 e. The van der Waals surface area contributed by atoms with Gasteiger partial charge in [-0.05, 0) is 51.0 Å². The quantitative estimate of drug-likeness (QED) is 0.898. The first-order valence-electron chi connectivity index (χ1n) is 8.76. The summed E-state index contributed by atoms with van der Waals surface area (Å²) >= 11 is 1.85. The maximum absolute atomic E-state index is 12.9. The predicted octanol–water partition coefficient (Wildman–Crippen LogP) is 2.59. The molecule has 0 aromatic heterocycles. The van der Waals surface area contributed by atoms with Crippen molar-refractivity contribution in [3.63, 3.8) is 0 Å². The highest BCUT2D eigenvalue weighted by atomic mass is 32.2. The van der Waals surface area contributed by atoms with E-state index in [4.69, 9.17) is 0 Å². The Morgan fingerprint density at radius 3 is 2.91 bits per heavy atom. The molecule has 0 spiro atoms. The average Bonchev–Trinajstić information content (AvgIpc) is 2.61. The van der Waals surface area contributed by atoms with Crippen LogP contribution in [0, 0.1) is 0 Å². The van der Waals surface area contributed by atoms with Crippen molar-refractivity contribution in [1.82, 2.24) is 10.2 Å². The van der Waals surface area contributed by atoms with Gasteiger partial charge in [0.05, 0.1) is 12.2 Å². The molecular formula is C18H27N3OS. The molecule has 3 rings (SSSR count). The van der Waals surface area contributed by atoms with Crippen LogP contribution in [-0.2, 0) is 4.79 Å². The average molecular weight is 334 g/mol. The smallest absolute Gasteiger partial charge is 0.241 e. The number of nitrogens with zero attached hydrogens (tertiary/aromatic N) is 2. The predicted molar refractivity (Wildman–Crippen MR) is 97.3 cm³/mol. The number of piperidine rings is 1. The third-order valence-corrected chi connectivity index (χ3v) is 5.75. The molecule has 0 bridgehead atoms. The van der Waals surface area contributed by atoms with E-state index >= 15 is 0 Å². The van der Waals surface area contributed by atoms with Crippen LogP contribution in [0.25, 0.3) is 0 Å². The van der Waals surface area contributed by atoms with Crippen LogP contribution < -0.4 is 10.2 Å². The highest BCUT2D eigenvalue weighted by Crippen LogP contribution is 2.34. The van der Waals surface area contributed by atoms with Gasteiger partial charge in [-0.25, -0.2) is 0 Å². The Balaban J connectivity index is 1.69. The van der Waals surface area contributed by atoms with E-state index in [0.717, 1.165) is 56.9 Å². The van der Waals surface area contributed by atoms with Gasteiger partial charge in [-0.1, -0.05) is 19.1 Å². The molecule has 126 valence electrons. The number of anilines is 1. The summed E-state index contributed by atoms with van der Waals surface area (Å²) in [4.78, 5) is 18.6. The zero-order valence-electron chi connectivity index (χ0n) is 14.0. The molecule has 0 unspecified atom stereocenters. The summed E-state index contributed by atoms with van der Waals surface area (Å²) in [6, 6.07) is 8.83. The summed E-state index contributed by atoms with van der Waals surface area (Å²) in [5, 5.41) is 3.42. The molecule has 1 saturated heterocycles. The fourth-order valence-electron chi connectivity index (χ4n) is 3.54. The van der Waals surface area contributed by atoms with Crippen molar-refractivity contribution >= 4 is 23.4 Å². The van der Waals surface area contributed by atoms with Crippen molar-refractivity contribution in [3.05, 3.63) is 24.3 Å². The number of carbonyl (C=O) groups excluding carboxylic acids is 1. The van der Waals surface area contributed by atoms with Crippen molar-refractivity contribution in [3.8, 4) is 0 Å². The number of fused-ring (bicyclic) bond motifs is 1. The monoisotopic (exact) mass is 333 g/mol. The standard InChI is InChI=1S/C18H27N3OS/c1-2-11-20(15-7-9-19-10-8-15)14-18(22)21-12-13-23-17-6-4-3-5-16(17)21/h3-6,15,19H,2,7-14H2,1H3. The number of amides is 1. The van der Waals surface area contributed by atoms with Crippen LogP contribution in [0.4, 0.5) is 5.69 Å². The van der Waals surface area contributed by atoms with Crippen LogP contribution >= 0.6 is 11.8 Å². The number of benzene rings is 1. The van der Waals surface area contributed by atoms with Gasteiger partial charge in [0.15, 0.2) is 0 Å². The second-order valence-corrected chi connectivity index (χ2v) is 7.45. The van der Waals surface area contributed by atoms with E-state index in [9.17, 15) is 4.79 Å². The first kappa shape index (κ1) is 16.8. The van der Waals surface area contributed by atoms with Gasteiger partial charge in [-0.2, -0.15) is 0 Å².